The Balaban J connectivity index is 2.49. The van der Waals surface area contributed by atoms with E-state index in [1.165, 1.54) is 6.42 Å². The number of alkyl halides is 3. The predicted octanol–water partition coefficient (Wildman–Crippen LogP) is 3.43. The highest BCUT2D eigenvalue weighted by molar-refractivity contribution is 4.85. The summed E-state index contributed by atoms with van der Waals surface area (Å²) in [4.78, 5) is 2.30. The highest BCUT2D eigenvalue weighted by atomic mass is 19.4. The van der Waals surface area contributed by atoms with Crippen LogP contribution in [0.1, 0.15) is 46.5 Å². The maximum Gasteiger partial charge on any atom is 0.401 e. The topological polar surface area (TPSA) is 15.3 Å². The smallest absolute Gasteiger partial charge is 0.305 e. The van der Waals surface area contributed by atoms with Gasteiger partial charge in [0.2, 0.25) is 0 Å². The number of halogens is 3. The monoisotopic (exact) mass is 280 g/mol. The quantitative estimate of drug-likeness (QED) is 0.802. The molecule has 0 amide bonds. The SMILES string of the molecule is CCCCC1CC(NCC(F)(F)F)CN(C(C)C)C1. The highest BCUT2D eigenvalue weighted by Crippen LogP contribution is 2.24. The summed E-state index contributed by atoms with van der Waals surface area (Å²) in [5.41, 5.74) is 0. The van der Waals surface area contributed by atoms with Gasteiger partial charge in [-0.1, -0.05) is 19.8 Å². The van der Waals surface area contributed by atoms with E-state index in [0.29, 0.717) is 12.0 Å². The van der Waals surface area contributed by atoms with Crippen LogP contribution < -0.4 is 5.32 Å². The van der Waals surface area contributed by atoms with Crippen LogP contribution in [0.4, 0.5) is 13.2 Å². The summed E-state index contributed by atoms with van der Waals surface area (Å²) in [5.74, 6) is 0.529. The first kappa shape index (κ1) is 16.8. The number of nitrogens with zero attached hydrogens (tertiary/aromatic N) is 1. The van der Waals surface area contributed by atoms with Gasteiger partial charge in [-0.25, -0.2) is 0 Å². The lowest BCUT2D eigenvalue weighted by Gasteiger charge is -2.40. The van der Waals surface area contributed by atoms with Gasteiger partial charge in [0, 0.05) is 25.2 Å². The van der Waals surface area contributed by atoms with E-state index < -0.39 is 12.7 Å². The molecule has 0 radical (unpaired) electrons. The molecule has 1 N–H and O–H groups in total. The van der Waals surface area contributed by atoms with Crippen LogP contribution in [-0.2, 0) is 0 Å². The third-order valence-electron chi connectivity index (χ3n) is 3.85. The van der Waals surface area contributed by atoms with Crippen molar-refractivity contribution < 1.29 is 13.2 Å². The lowest BCUT2D eigenvalue weighted by Crippen LogP contribution is -2.52. The van der Waals surface area contributed by atoms with Crippen molar-refractivity contribution in [3.8, 4) is 0 Å². The molecule has 1 fully saturated rings. The number of hydrogen-bond donors (Lipinski definition) is 1. The molecule has 0 bridgehead atoms. The van der Waals surface area contributed by atoms with Crippen LogP contribution in [0.2, 0.25) is 0 Å². The van der Waals surface area contributed by atoms with Crippen molar-refractivity contribution in [2.24, 2.45) is 5.92 Å². The van der Waals surface area contributed by atoms with E-state index in [-0.39, 0.29) is 6.04 Å². The average Bonchev–Trinajstić information content (AvgIpc) is 2.32. The van der Waals surface area contributed by atoms with Gasteiger partial charge in [0.25, 0.3) is 0 Å². The Morgan fingerprint density at radius 2 is 1.95 bits per heavy atom. The number of likely N-dealkylation sites (tertiary alicyclic amines) is 1. The van der Waals surface area contributed by atoms with E-state index >= 15 is 0 Å². The van der Waals surface area contributed by atoms with Gasteiger partial charge >= 0.3 is 6.18 Å². The van der Waals surface area contributed by atoms with E-state index in [0.717, 1.165) is 32.4 Å². The molecule has 2 nitrogen and oxygen atoms in total. The van der Waals surface area contributed by atoms with E-state index in [1.807, 2.05) is 0 Å². The predicted molar refractivity (Wildman–Crippen MR) is 72.2 cm³/mol. The molecule has 0 aromatic heterocycles. The fourth-order valence-corrected chi connectivity index (χ4v) is 2.77. The molecule has 1 aliphatic rings. The molecule has 5 heteroatoms. The third-order valence-corrected chi connectivity index (χ3v) is 3.85. The number of rotatable bonds is 6. The van der Waals surface area contributed by atoms with Gasteiger partial charge in [-0.2, -0.15) is 13.2 Å². The molecule has 2 unspecified atom stereocenters. The van der Waals surface area contributed by atoms with Crippen molar-refractivity contribution >= 4 is 0 Å². The van der Waals surface area contributed by atoms with Gasteiger partial charge in [0.15, 0.2) is 0 Å². The van der Waals surface area contributed by atoms with Gasteiger partial charge in [-0.15, -0.1) is 0 Å². The Morgan fingerprint density at radius 1 is 1.26 bits per heavy atom. The molecule has 1 saturated heterocycles. The van der Waals surface area contributed by atoms with Crippen LogP contribution >= 0.6 is 0 Å². The molecule has 1 rings (SSSR count). The Kier molecular flexibility index (Phi) is 6.60. The van der Waals surface area contributed by atoms with Crippen molar-refractivity contribution in [2.45, 2.75) is 64.7 Å². The average molecular weight is 280 g/mol. The fourth-order valence-electron chi connectivity index (χ4n) is 2.77. The van der Waals surface area contributed by atoms with Crippen molar-refractivity contribution in [2.75, 3.05) is 19.6 Å². The van der Waals surface area contributed by atoms with Gasteiger partial charge < -0.3 is 5.32 Å². The number of hydrogen-bond acceptors (Lipinski definition) is 2. The molecule has 19 heavy (non-hydrogen) atoms. The minimum absolute atomic E-state index is 0.0281. The first-order valence-electron chi connectivity index (χ1n) is 7.36. The number of nitrogens with one attached hydrogen (secondary N) is 1. The van der Waals surface area contributed by atoms with Crippen LogP contribution in [0.25, 0.3) is 0 Å². The summed E-state index contributed by atoms with van der Waals surface area (Å²) in [5, 5.41) is 2.69. The summed E-state index contributed by atoms with van der Waals surface area (Å²) >= 11 is 0. The van der Waals surface area contributed by atoms with Crippen molar-refractivity contribution in [3.63, 3.8) is 0 Å². The van der Waals surface area contributed by atoms with Gasteiger partial charge in [-0.3, -0.25) is 4.90 Å². The van der Waals surface area contributed by atoms with E-state index in [1.54, 1.807) is 0 Å². The summed E-state index contributed by atoms with van der Waals surface area (Å²) in [7, 11) is 0. The van der Waals surface area contributed by atoms with Crippen LogP contribution in [0.15, 0.2) is 0 Å². The Hall–Kier alpha value is -0.290. The Morgan fingerprint density at radius 3 is 2.47 bits per heavy atom. The lowest BCUT2D eigenvalue weighted by molar-refractivity contribution is -0.127. The van der Waals surface area contributed by atoms with Crippen LogP contribution in [0, 0.1) is 5.92 Å². The van der Waals surface area contributed by atoms with Crippen molar-refractivity contribution in [3.05, 3.63) is 0 Å². The van der Waals surface area contributed by atoms with E-state index in [9.17, 15) is 13.2 Å². The van der Waals surface area contributed by atoms with E-state index in [4.69, 9.17) is 0 Å². The third kappa shape index (κ3) is 6.61. The van der Waals surface area contributed by atoms with Crippen molar-refractivity contribution in [1.29, 1.82) is 0 Å². The van der Waals surface area contributed by atoms with Crippen LogP contribution in [0.3, 0.4) is 0 Å². The van der Waals surface area contributed by atoms with Crippen molar-refractivity contribution in [1.82, 2.24) is 10.2 Å². The molecular weight excluding hydrogens is 253 g/mol. The molecule has 1 heterocycles. The number of unbranched alkanes of at least 4 members (excludes halogenated alkanes) is 1. The summed E-state index contributed by atoms with van der Waals surface area (Å²) in [6.45, 7) is 7.27. The molecule has 114 valence electrons. The molecular formula is C14H27F3N2. The van der Waals surface area contributed by atoms with E-state index in [2.05, 4.69) is 31.0 Å². The minimum Gasteiger partial charge on any atom is -0.305 e. The Bertz CT molecular complexity index is 254. The normalized spacial score (nSPS) is 26.1. The van der Waals surface area contributed by atoms with Gasteiger partial charge in [-0.05, 0) is 32.6 Å². The molecule has 0 aromatic rings. The first-order chi connectivity index (χ1) is 8.81. The standard InChI is InChI=1S/C14H27F3N2/c1-4-5-6-12-7-13(18-10-14(15,16)17)9-19(8-12)11(2)3/h11-13,18H,4-10H2,1-3H3. The molecule has 0 spiro atoms. The minimum atomic E-state index is -4.11. The zero-order valence-corrected chi connectivity index (χ0v) is 12.3. The maximum absolute atomic E-state index is 12.3. The highest BCUT2D eigenvalue weighted by Gasteiger charge is 2.32. The second kappa shape index (κ2) is 7.48. The van der Waals surface area contributed by atoms with Crippen LogP contribution in [0.5, 0.6) is 0 Å². The second-order valence-corrected chi connectivity index (χ2v) is 5.98. The summed E-state index contributed by atoms with van der Waals surface area (Å²) < 4.78 is 36.9. The Labute approximate surface area is 114 Å². The second-order valence-electron chi connectivity index (χ2n) is 5.98. The fraction of sp³-hybridized carbons (Fsp3) is 1.00. The largest absolute Gasteiger partial charge is 0.401 e. The van der Waals surface area contributed by atoms with Gasteiger partial charge in [0.1, 0.15) is 0 Å². The first-order valence-corrected chi connectivity index (χ1v) is 7.36. The lowest BCUT2D eigenvalue weighted by atomic mass is 9.89. The molecule has 0 aliphatic carbocycles. The molecule has 0 saturated carbocycles. The zero-order chi connectivity index (χ0) is 14.5. The van der Waals surface area contributed by atoms with Gasteiger partial charge in [0.05, 0.1) is 6.54 Å². The maximum atomic E-state index is 12.3. The van der Waals surface area contributed by atoms with Crippen LogP contribution in [-0.4, -0.2) is 42.8 Å². The summed E-state index contributed by atoms with van der Waals surface area (Å²) in [6.07, 6.45) is 0.212. The molecule has 0 aromatic carbocycles. The zero-order valence-electron chi connectivity index (χ0n) is 12.3. The number of piperidine rings is 1. The molecule has 2 atom stereocenters. The summed E-state index contributed by atoms with van der Waals surface area (Å²) in [6, 6.07) is 0.374. The molecule has 1 aliphatic heterocycles.